The molecule has 2 N–H and O–H groups in total. The van der Waals surface area contributed by atoms with E-state index in [2.05, 4.69) is 4.72 Å². The molecule has 0 amide bonds. The van der Waals surface area contributed by atoms with Crippen LogP contribution in [0.4, 0.5) is 0 Å². The van der Waals surface area contributed by atoms with Crippen LogP contribution >= 0.6 is 0 Å². The average Bonchev–Trinajstić information content (AvgIpc) is 2.27. The highest BCUT2D eigenvalue weighted by atomic mass is 32.2. The minimum absolute atomic E-state index is 0.0926. The Kier molecular flexibility index (Phi) is 4.24. The van der Waals surface area contributed by atoms with Crippen LogP contribution in [0.15, 0.2) is 0 Å². The quantitative estimate of drug-likeness (QED) is 0.762. The third-order valence-electron chi connectivity index (χ3n) is 3.85. The summed E-state index contributed by atoms with van der Waals surface area (Å²) in [5.41, 5.74) is 0. The number of rotatable bonds is 5. The van der Waals surface area contributed by atoms with E-state index in [1.165, 1.54) is 10.7 Å². The molecular weight excluding hydrogens is 256 g/mol. The van der Waals surface area contributed by atoms with Crippen molar-refractivity contribution in [2.75, 3.05) is 19.6 Å². The van der Waals surface area contributed by atoms with Gasteiger partial charge < -0.3 is 5.11 Å². The zero-order valence-electron chi connectivity index (χ0n) is 10.3. The maximum atomic E-state index is 12.0. The van der Waals surface area contributed by atoms with E-state index in [0.29, 0.717) is 31.8 Å². The molecule has 1 unspecified atom stereocenters. The SMILES string of the molecule is O=C(O)C1CCCN(S(=O)(=O)NCC2CCC2)C1. The van der Waals surface area contributed by atoms with Crippen molar-refractivity contribution in [1.29, 1.82) is 0 Å². The first-order valence-electron chi connectivity index (χ1n) is 6.46. The first-order chi connectivity index (χ1) is 8.49. The maximum Gasteiger partial charge on any atom is 0.307 e. The first-order valence-corrected chi connectivity index (χ1v) is 7.90. The van der Waals surface area contributed by atoms with Gasteiger partial charge in [-0.2, -0.15) is 12.7 Å². The number of nitrogens with one attached hydrogen (secondary N) is 1. The van der Waals surface area contributed by atoms with Gasteiger partial charge in [-0.3, -0.25) is 4.79 Å². The average molecular weight is 276 g/mol. The van der Waals surface area contributed by atoms with Crippen LogP contribution in [0.3, 0.4) is 0 Å². The molecule has 1 aliphatic carbocycles. The summed E-state index contributed by atoms with van der Waals surface area (Å²) in [6, 6.07) is 0. The Morgan fingerprint density at radius 3 is 2.56 bits per heavy atom. The molecule has 0 aromatic heterocycles. The Balaban J connectivity index is 1.89. The summed E-state index contributed by atoms with van der Waals surface area (Å²) in [5, 5.41) is 8.95. The number of nitrogens with zero attached hydrogens (tertiary/aromatic N) is 1. The number of piperidine rings is 1. The van der Waals surface area contributed by atoms with Crippen molar-refractivity contribution in [3.63, 3.8) is 0 Å². The molecule has 0 radical (unpaired) electrons. The summed E-state index contributed by atoms with van der Waals surface area (Å²) in [4.78, 5) is 10.9. The Hall–Kier alpha value is -0.660. The molecule has 18 heavy (non-hydrogen) atoms. The standard InChI is InChI=1S/C11H20N2O4S/c14-11(15)10-5-2-6-13(8-10)18(16,17)12-7-9-3-1-4-9/h9-10,12H,1-8H2,(H,14,15). The van der Waals surface area contributed by atoms with Gasteiger partial charge >= 0.3 is 5.97 Å². The van der Waals surface area contributed by atoms with E-state index in [4.69, 9.17) is 5.11 Å². The predicted molar refractivity (Wildman–Crippen MR) is 66.2 cm³/mol. The highest BCUT2D eigenvalue weighted by molar-refractivity contribution is 7.87. The van der Waals surface area contributed by atoms with Gasteiger partial charge in [0.1, 0.15) is 0 Å². The van der Waals surface area contributed by atoms with Gasteiger partial charge in [0.2, 0.25) is 0 Å². The van der Waals surface area contributed by atoms with Gasteiger partial charge in [0, 0.05) is 19.6 Å². The molecule has 6 nitrogen and oxygen atoms in total. The molecule has 0 aromatic rings. The largest absolute Gasteiger partial charge is 0.481 e. The summed E-state index contributed by atoms with van der Waals surface area (Å²) in [6.45, 7) is 0.996. The lowest BCUT2D eigenvalue weighted by molar-refractivity contribution is -0.142. The van der Waals surface area contributed by atoms with Gasteiger partial charge in [-0.05, 0) is 31.6 Å². The van der Waals surface area contributed by atoms with E-state index in [9.17, 15) is 13.2 Å². The van der Waals surface area contributed by atoms with Gasteiger partial charge in [0.05, 0.1) is 5.92 Å². The van der Waals surface area contributed by atoms with Crippen molar-refractivity contribution < 1.29 is 18.3 Å². The fourth-order valence-electron chi connectivity index (χ4n) is 2.37. The van der Waals surface area contributed by atoms with E-state index in [0.717, 1.165) is 12.8 Å². The molecule has 7 heteroatoms. The second-order valence-electron chi connectivity index (χ2n) is 5.19. The summed E-state index contributed by atoms with van der Waals surface area (Å²) >= 11 is 0. The molecule has 104 valence electrons. The van der Waals surface area contributed by atoms with Crippen molar-refractivity contribution in [3.05, 3.63) is 0 Å². The molecule has 1 aliphatic heterocycles. The zero-order chi connectivity index (χ0) is 13.2. The van der Waals surface area contributed by atoms with Crippen LogP contribution < -0.4 is 4.72 Å². The number of carboxylic acids is 1. The minimum atomic E-state index is -3.50. The predicted octanol–water partition coefficient (Wildman–Crippen LogP) is 0.417. The lowest BCUT2D eigenvalue weighted by Crippen LogP contribution is -2.48. The molecule has 0 aromatic carbocycles. The Morgan fingerprint density at radius 1 is 1.28 bits per heavy atom. The lowest BCUT2D eigenvalue weighted by atomic mass is 9.86. The molecule has 1 atom stereocenters. The Bertz CT molecular complexity index is 405. The summed E-state index contributed by atoms with van der Waals surface area (Å²) in [5.74, 6) is -1.02. The fourth-order valence-corrected chi connectivity index (χ4v) is 3.75. The maximum absolute atomic E-state index is 12.0. The summed E-state index contributed by atoms with van der Waals surface area (Å²) < 4.78 is 27.9. The van der Waals surface area contributed by atoms with Gasteiger partial charge in [-0.1, -0.05) is 6.42 Å². The van der Waals surface area contributed by atoms with Gasteiger partial charge in [0.25, 0.3) is 10.2 Å². The molecule has 0 bridgehead atoms. The van der Waals surface area contributed by atoms with Gasteiger partial charge in [0.15, 0.2) is 0 Å². The van der Waals surface area contributed by atoms with Crippen LogP contribution in [0.25, 0.3) is 0 Å². The number of hydrogen-bond acceptors (Lipinski definition) is 3. The normalized spacial score (nSPS) is 26.8. The molecule has 1 heterocycles. The summed E-state index contributed by atoms with van der Waals surface area (Å²) in [7, 11) is -3.50. The van der Waals surface area contributed by atoms with Crippen LogP contribution in [0.1, 0.15) is 32.1 Å². The Morgan fingerprint density at radius 2 is 2.00 bits per heavy atom. The molecule has 2 aliphatic rings. The second kappa shape index (κ2) is 5.54. The van der Waals surface area contributed by atoms with Crippen LogP contribution in [0, 0.1) is 11.8 Å². The van der Waals surface area contributed by atoms with E-state index in [-0.39, 0.29) is 6.54 Å². The van der Waals surface area contributed by atoms with E-state index < -0.39 is 22.1 Å². The third-order valence-corrected chi connectivity index (χ3v) is 5.40. The second-order valence-corrected chi connectivity index (χ2v) is 6.94. The molecule has 1 saturated carbocycles. The minimum Gasteiger partial charge on any atom is -0.481 e. The Labute approximate surface area is 108 Å². The first kappa shape index (κ1) is 13.8. The third kappa shape index (κ3) is 3.21. The number of aliphatic carboxylic acids is 1. The molecule has 0 spiro atoms. The van der Waals surface area contributed by atoms with Gasteiger partial charge in [-0.25, -0.2) is 4.72 Å². The lowest BCUT2D eigenvalue weighted by Gasteiger charge is -2.31. The zero-order valence-corrected chi connectivity index (χ0v) is 11.2. The van der Waals surface area contributed by atoms with Crippen molar-refractivity contribution in [2.45, 2.75) is 32.1 Å². The molecular formula is C11H20N2O4S. The topological polar surface area (TPSA) is 86.7 Å². The number of carbonyl (C=O) groups is 1. The summed E-state index contributed by atoms with van der Waals surface area (Å²) in [6.07, 6.45) is 4.52. The van der Waals surface area contributed by atoms with Crippen molar-refractivity contribution in [2.24, 2.45) is 11.8 Å². The number of hydrogen-bond donors (Lipinski definition) is 2. The van der Waals surface area contributed by atoms with Crippen molar-refractivity contribution in [1.82, 2.24) is 9.03 Å². The van der Waals surface area contributed by atoms with Crippen LogP contribution in [-0.2, 0) is 15.0 Å². The van der Waals surface area contributed by atoms with Crippen molar-refractivity contribution >= 4 is 16.2 Å². The molecule has 1 saturated heterocycles. The van der Waals surface area contributed by atoms with E-state index in [1.807, 2.05) is 0 Å². The van der Waals surface area contributed by atoms with Crippen LogP contribution in [0.5, 0.6) is 0 Å². The van der Waals surface area contributed by atoms with E-state index >= 15 is 0 Å². The van der Waals surface area contributed by atoms with Gasteiger partial charge in [-0.15, -0.1) is 0 Å². The van der Waals surface area contributed by atoms with E-state index in [1.54, 1.807) is 0 Å². The van der Waals surface area contributed by atoms with Crippen LogP contribution in [-0.4, -0.2) is 43.4 Å². The monoisotopic (exact) mass is 276 g/mol. The molecule has 2 rings (SSSR count). The fraction of sp³-hybridized carbons (Fsp3) is 0.909. The highest BCUT2D eigenvalue weighted by Crippen LogP contribution is 2.26. The molecule has 2 fully saturated rings. The highest BCUT2D eigenvalue weighted by Gasteiger charge is 2.32. The van der Waals surface area contributed by atoms with Crippen molar-refractivity contribution in [3.8, 4) is 0 Å². The smallest absolute Gasteiger partial charge is 0.307 e. The number of carboxylic acid groups (broad SMARTS) is 1. The van der Waals surface area contributed by atoms with Crippen LogP contribution in [0.2, 0.25) is 0 Å².